The predicted octanol–water partition coefficient (Wildman–Crippen LogP) is 7.15. The van der Waals surface area contributed by atoms with Crippen LogP contribution in [0.15, 0.2) is 127 Å². The van der Waals surface area contributed by atoms with Gasteiger partial charge in [-0.25, -0.2) is 4.98 Å². The van der Waals surface area contributed by atoms with Crippen LogP contribution in [0.4, 0.5) is 22.7 Å². The Morgan fingerprint density at radius 1 is 0.441 bits per heavy atom. The van der Waals surface area contributed by atoms with Gasteiger partial charge in [0.25, 0.3) is 0 Å². The Hall–Kier alpha value is -4.70. The number of fused-ring (bicyclic) bond motifs is 2. The highest BCUT2D eigenvalue weighted by Gasteiger charge is 2.20. The van der Waals surface area contributed by atoms with Gasteiger partial charge in [0.2, 0.25) is 16.7 Å². The molecule has 2 N–H and O–H groups in total. The highest BCUT2D eigenvalue weighted by molar-refractivity contribution is 5.87. The summed E-state index contributed by atoms with van der Waals surface area (Å²) in [6.07, 6.45) is 0. The first-order chi connectivity index (χ1) is 16.8. The molecule has 1 heterocycles. The lowest BCUT2D eigenvalue weighted by atomic mass is 10.1. The maximum atomic E-state index is 4.98. The van der Waals surface area contributed by atoms with Crippen LogP contribution >= 0.6 is 0 Å². The molecule has 0 aliphatic rings. The molecule has 0 bridgehead atoms. The van der Waals surface area contributed by atoms with Crippen LogP contribution < -0.4 is 15.2 Å². The van der Waals surface area contributed by atoms with E-state index in [0.717, 1.165) is 50.5 Å². The van der Waals surface area contributed by atoms with Gasteiger partial charge < -0.3 is 10.6 Å². The fourth-order valence-electron chi connectivity index (χ4n) is 4.24. The summed E-state index contributed by atoms with van der Waals surface area (Å²) in [7, 11) is 0. The largest absolute Gasteiger partial charge is 0.355 e. The van der Waals surface area contributed by atoms with Gasteiger partial charge in [-0.2, -0.15) is 0 Å². The molecule has 34 heavy (non-hydrogen) atoms. The van der Waals surface area contributed by atoms with Crippen LogP contribution in [-0.2, 0) is 0 Å². The molecule has 0 spiro atoms. The number of anilines is 4. The SMILES string of the molecule is c1ccc(Nc2ccc3nc4ccc(Nc5ccccc5)cc4[n+](-c4ccccc4)c3c2)cc1. The zero-order chi connectivity index (χ0) is 22.7. The van der Waals surface area contributed by atoms with E-state index in [4.69, 9.17) is 4.98 Å². The number of nitrogens with one attached hydrogen (secondary N) is 2. The number of hydrogen-bond donors (Lipinski definition) is 2. The third kappa shape index (κ3) is 3.93. The van der Waals surface area contributed by atoms with E-state index in [1.165, 1.54) is 0 Å². The normalized spacial score (nSPS) is 10.9. The number of nitrogens with zero attached hydrogens (tertiary/aromatic N) is 2. The first-order valence-corrected chi connectivity index (χ1v) is 11.3. The van der Waals surface area contributed by atoms with Crippen LogP contribution in [0.3, 0.4) is 0 Å². The molecule has 1 aromatic heterocycles. The molecule has 0 saturated heterocycles. The molecular formula is C30H23N4+. The van der Waals surface area contributed by atoms with Crippen molar-refractivity contribution < 1.29 is 4.57 Å². The van der Waals surface area contributed by atoms with Crippen LogP contribution in [0.1, 0.15) is 0 Å². The second-order valence-electron chi connectivity index (χ2n) is 8.17. The monoisotopic (exact) mass is 439 g/mol. The minimum Gasteiger partial charge on any atom is -0.355 e. The highest BCUT2D eigenvalue weighted by atomic mass is 15.0. The molecule has 0 unspecified atom stereocenters. The average Bonchev–Trinajstić information content (AvgIpc) is 2.89. The Morgan fingerprint density at radius 3 is 1.35 bits per heavy atom. The van der Waals surface area contributed by atoms with Crippen molar-refractivity contribution in [2.24, 2.45) is 0 Å². The van der Waals surface area contributed by atoms with Crippen molar-refractivity contribution in [3.63, 3.8) is 0 Å². The first kappa shape index (κ1) is 19.9. The number of rotatable bonds is 5. The van der Waals surface area contributed by atoms with Crippen molar-refractivity contribution in [3.8, 4) is 5.69 Å². The Balaban J connectivity index is 1.55. The molecule has 5 aromatic carbocycles. The lowest BCUT2D eigenvalue weighted by Gasteiger charge is -2.10. The zero-order valence-electron chi connectivity index (χ0n) is 18.5. The van der Waals surface area contributed by atoms with E-state index in [2.05, 4.69) is 100 Å². The van der Waals surface area contributed by atoms with Gasteiger partial charge in [-0.05, 0) is 48.5 Å². The van der Waals surface area contributed by atoms with Crippen LogP contribution in [0.5, 0.6) is 0 Å². The van der Waals surface area contributed by atoms with E-state index < -0.39 is 0 Å². The Kier molecular flexibility index (Phi) is 5.09. The van der Waals surface area contributed by atoms with Gasteiger partial charge in [0, 0.05) is 47.0 Å². The maximum Gasteiger partial charge on any atom is 0.239 e. The van der Waals surface area contributed by atoms with E-state index >= 15 is 0 Å². The molecule has 0 aliphatic heterocycles. The fourth-order valence-corrected chi connectivity index (χ4v) is 4.24. The van der Waals surface area contributed by atoms with E-state index in [-0.39, 0.29) is 0 Å². The molecule has 6 aromatic rings. The topological polar surface area (TPSA) is 40.8 Å². The molecule has 0 amide bonds. The molecule has 4 heteroatoms. The van der Waals surface area contributed by atoms with Gasteiger partial charge in [-0.15, -0.1) is 4.57 Å². The predicted molar refractivity (Wildman–Crippen MR) is 140 cm³/mol. The summed E-state index contributed by atoms with van der Waals surface area (Å²) < 4.78 is 2.28. The molecule has 4 nitrogen and oxygen atoms in total. The average molecular weight is 440 g/mol. The molecule has 0 fully saturated rings. The van der Waals surface area contributed by atoms with E-state index in [1.807, 2.05) is 42.5 Å². The van der Waals surface area contributed by atoms with Gasteiger partial charge >= 0.3 is 0 Å². The van der Waals surface area contributed by atoms with Gasteiger partial charge in [-0.3, -0.25) is 0 Å². The summed E-state index contributed by atoms with van der Waals surface area (Å²) in [5.74, 6) is 0. The summed E-state index contributed by atoms with van der Waals surface area (Å²) >= 11 is 0. The molecule has 0 saturated carbocycles. The number of para-hydroxylation sites is 3. The minimum atomic E-state index is 0.943. The summed E-state index contributed by atoms with van der Waals surface area (Å²) in [5.41, 5.74) is 9.19. The number of hydrogen-bond acceptors (Lipinski definition) is 3. The second kappa shape index (κ2) is 8.68. The van der Waals surface area contributed by atoms with E-state index in [1.54, 1.807) is 0 Å². The third-order valence-electron chi connectivity index (χ3n) is 5.81. The van der Waals surface area contributed by atoms with Crippen LogP contribution in [-0.4, -0.2) is 4.98 Å². The van der Waals surface area contributed by atoms with Crippen molar-refractivity contribution in [1.82, 2.24) is 4.98 Å². The fraction of sp³-hybridized carbons (Fsp3) is 0. The summed E-state index contributed by atoms with van der Waals surface area (Å²) in [4.78, 5) is 4.98. The van der Waals surface area contributed by atoms with Crippen molar-refractivity contribution in [2.45, 2.75) is 0 Å². The molecule has 0 aliphatic carbocycles. The lowest BCUT2D eigenvalue weighted by Crippen LogP contribution is -2.33. The minimum absolute atomic E-state index is 0.943. The standard InChI is InChI=1S/C30H22N4/c1-4-10-22(11-5-1)31-24-16-18-27-29(20-24)34(26-14-8-3-9-15-26)30-21-25(17-19-28(30)33-27)32-23-12-6-2-7-13-23/h1-21H,(H,31,32)/p+1. The summed E-state index contributed by atoms with van der Waals surface area (Å²) in [5, 5.41) is 7.03. The van der Waals surface area contributed by atoms with Gasteiger partial charge in [0.05, 0.1) is 0 Å². The molecule has 0 atom stereocenters. The maximum absolute atomic E-state index is 4.98. The quantitative estimate of drug-likeness (QED) is 0.221. The second-order valence-corrected chi connectivity index (χ2v) is 8.17. The Morgan fingerprint density at radius 2 is 0.882 bits per heavy atom. The zero-order valence-corrected chi connectivity index (χ0v) is 18.5. The molecule has 162 valence electrons. The third-order valence-corrected chi connectivity index (χ3v) is 5.81. The number of aromatic nitrogens is 2. The van der Waals surface area contributed by atoms with Crippen molar-refractivity contribution in [2.75, 3.05) is 10.6 Å². The molecule has 0 radical (unpaired) electrons. The van der Waals surface area contributed by atoms with E-state index in [9.17, 15) is 0 Å². The van der Waals surface area contributed by atoms with Gasteiger partial charge in [0.15, 0.2) is 0 Å². The van der Waals surface area contributed by atoms with Gasteiger partial charge in [0.1, 0.15) is 11.0 Å². The van der Waals surface area contributed by atoms with Crippen molar-refractivity contribution in [1.29, 1.82) is 0 Å². The van der Waals surface area contributed by atoms with Crippen LogP contribution in [0.25, 0.3) is 27.8 Å². The first-order valence-electron chi connectivity index (χ1n) is 11.3. The van der Waals surface area contributed by atoms with Crippen LogP contribution in [0.2, 0.25) is 0 Å². The van der Waals surface area contributed by atoms with E-state index in [0.29, 0.717) is 0 Å². The van der Waals surface area contributed by atoms with Crippen molar-refractivity contribution in [3.05, 3.63) is 127 Å². The Labute approximate surface area is 198 Å². The Bertz CT molecular complexity index is 1480. The lowest BCUT2D eigenvalue weighted by molar-refractivity contribution is -0.538. The van der Waals surface area contributed by atoms with Crippen molar-refractivity contribution >= 4 is 44.8 Å². The molecule has 6 rings (SSSR count). The summed E-state index contributed by atoms with van der Waals surface area (Å²) in [6.45, 7) is 0. The smallest absolute Gasteiger partial charge is 0.239 e. The van der Waals surface area contributed by atoms with Crippen LogP contribution in [0, 0.1) is 0 Å². The summed E-state index contributed by atoms with van der Waals surface area (Å²) in [6, 6.07) is 43.5. The van der Waals surface area contributed by atoms with Gasteiger partial charge in [-0.1, -0.05) is 54.6 Å². The molecular weight excluding hydrogens is 416 g/mol. The number of benzene rings is 5. The highest BCUT2D eigenvalue weighted by Crippen LogP contribution is 2.25.